The Morgan fingerprint density at radius 2 is 2.21 bits per heavy atom. The zero-order valence-corrected chi connectivity index (χ0v) is 11.7. The highest BCUT2D eigenvalue weighted by atomic mass is 32.2. The van der Waals surface area contributed by atoms with E-state index in [0.29, 0.717) is 15.9 Å². The van der Waals surface area contributed by atoms with Crippen molar-refractivity contribution in [2.75, 3.05) is 11.7 Å². The summed E-state index contributed by atoms with van der Waals surface area (Å²) in [5.74, 6) is 5.65. The third kappa shape index (κ3) is 3.63. The average molecular weight is 300 g/mol. The van der Waals surface area contributed by atoms with Gasteiger partial charge in [0.2, 0.25) is 5.13 Å². The van der Waals surface area contributed by atoms with Crippen LogP contribution in [0.4, 0.5) is 5.13 Å². The lowest BCUT2D eigenvalue weighted by Crippen LogP contribution is -2.05. The third-order valence-electron chi connectivity index (χ3n) is 2.19. The first-order valence-corrected chi connectivity index (χ1v) is 7.92. The quantitative estimate of drug-likeness (QED) is 0.621. The molecule has 0 spiro atoms. The molecule has 1 heterocycles. The lowest BCUT2D eigenvalue weighted by Gasteiger charge is -2.05. The molecule has 19 heavy (non-hydrogen) atoms. The fourth-order valence-electron chi connectivity index (χ4n) is 1.31. The van der Waals surface area contributed by atoms with Crippen molar-refractivity contribution >= 4 is 26.3 Å². The minimum Gasteiger partial charge on any atom is -0.486 e. The fraction of sp³-hybridized carbons (Fsp3) is 0.200. The smallest absolute Gasteiger partial charge is 0.219 e. The van der Waals surface area contributed by atoms with E-state index in [-0.39, 0.29) is 11.5 Å². The van der Waals surface area contributed by atoms with Crippen LogP contribution in [0.3, 0.4) is 0 Å². The van der Waals surface area contributed by atoms with Crippen molar-refractivity contribution in [2.45, 2.75) is 11.5 Å². The first kappa shape index (κ1) is 13.7. The van der Waals surface area contributed by atoms with Crippen LogP contribution in [0.1, 0.15) is 5.01 Å². The first-order valence-electron chi connectivity index (χ1n) is 5.21. The van der Waals surface area contributed by atoms with Crippen LogP contribution < -0.4 is 16.0 Å². The van der Waals surface area contributed by atoms with Gasteiger partial charge in [-0.25, -0.2) is 14.3 Å². The average Bonchev–Trinajstić information content (AvgIpc) is 2.84. The normalized spacial score (nSPS) is 11.3. The summed E-state index contributed by atoms with van der Waals surface area (Å²) in [4.78, 5) is 0.214. The van der Waals surface area contributed by atoms with Crippen molar-refractivity contribution in [1.29, 1.82) is 0 Å². The molecule has 0 saturated carbocycles. The second kappa shape index (κ2) is 5.51. The van der Waals surface area contributed by atoms with Crippen molar-refractivity contribution in [1.82, 2.24) is 10.2 Å². The van der Waals surface area contributed by atoms with Gasteiger partial charge in [-0.1, -0.05) is 17.4 Å². The number of nitrogen functional groups attached to an aromatic ring is 1. The molecule has 0 unspecified atom stereocenters. The standard InChI is InChI=1S/C10H12N4O3S2/c1-19(15,16)8-4-2-3-7(5-8)17-6-9-13-14-10(12-11)18-9/h2-5H,6,11H2,1H3,(H,12,14). The van der Waals surface area contributed by atoms with Crippen LogP contribution in [0.25, 0.3) is 0 Å². The number of hydrogen-bond donors (Lipinski definition) is 2. The van der Waals surface area contributed by atoms with Crippen LogP contribution in [0, 0.1) is 0 Å². The number of benzene rings is 1. The molecule has 9 heteroatoms. The molecular weight excluding hydrogens is 288 g/mol. The highest BCUT2D eigenvalue weighted by molar-refractivity contribution is 7.90. The summed E-state index contributed by atoms with van der Waals surface area (Å²) in [5, 5.41) is 8.74. The Labute approximate surface area is 114 Å². The highest BCUT2D eigenvalue weighted by Gasteiger charge is 2.09. The van der Waals surface area contributed by atoms with Crippen molar-refractivity contribution < 1.29 is 13.2 Å². The van der Waals surface area contributed by atoms with Crippen molar-refractivity contribution in [3.8, 4) is 5.75 Å². The van der Waals surface area contributed by atoms with Crippen LogP contribution in [-0.2, 0) is 16.4 Å². The highest BCUT2D eigenvalue weighted by Crippen LogP contribution is 2.20. The Morgan fingerprint density at radius 3 is 2.84 bits per heavy atom. The van der Waals surface area contributed by atoms with E-state index in [4.69, 9.17) is 10.6 Å². The minimum absolute atomic E-state index is 0.201. The second-order valence-corrected chi connectivity index (χ2v) is 6.76. The lowest BCUT2D eigenvalue weighted by molar-refractivity contribution is 0.303. The van der Waals surface area contributed by atoms with E-state index < -0.39 is 9.84 Å². The number of hydrazine groups is 1. The summed E-state index contributed by atoms with van der Waals surface area (Å²) < 4.78 is 28.3. The number of anilines is 1. The number of ether oxygens (including phenoxy) is 1. The molecule has 0 radical (unpaired) electrons. The number of nitrogens with zero attached hydrogens (tertiary/aromatic N) is 2. The molecule has 1 aromatic carbocycles. The Bertz CT molecular complexity index is 669. The predicted molar refractivity (Wildman–Crippen MR) is 71.6 cm³/mol. The number of sulfone groups is 1. The van der Waals surface area contributed by atoms with Crippen molar-refractivity contribution in [2.24, 2.45) is 5.84 Å². The van der Waals surface area contributed by atoms with Gasteiger partial charge in [0, 0.05) is 6.26 Å². The van der Waals surface area contributed by atoms with Gasteiger partial charge in [0.25, 0.3) is 0 Å². The Kier molecular flexibility index (Phi) is 3.98. The maximum Gasteiger partial charge on any atom is 0.219 e. The van der Waals surface area contributed by atoms with Crippen LogP contribution in [0.5, 0.6) is 5.75 Å². The molecule has 0 fully saturated rings. The van der Waals surface area contributed by atoms with Gasteiger partial charge in [0.05, 0.1) is 4.90 Å². The summed E-state index contributed by atoms with van der Waals surface area (Å²) >= 11 is 1.26. The van der Waals surface area contributed by atoms with Crippen LogP contribution in [0.15, 0.2) is 29.2 Å². The lowest BCUT2D eigenvalue weighted by atomic mass is 10.3. The molecule has 0 aliphatic heterocycles. The Morgan fingerprint density at radius 1 is 1.42 bits per heavy atom. The maximum absolute atomic E-state index is 11.4. The molecule has 7 nitrogen and oxygen atoms in total. The van der Waals surface area contributed by atoms with E-state index in [2.05, 4.69) is 15.6 Å². The minimum atomic E-state index is -3.24. The first-order chi connectivity index (χ1) is 8.99. The van der Waals surface area contributed by atoms with Gasteiger partial charge in [-0.05, 0) is 18.2 Å². The van der Waals surface area contributed by atoms with Gasteiger partial charge in [-0.2, -0.15) is 0 Å². The zero-order chi connectivity index (χ0) is 13.9. The van der Waals surface area contributed by atoms with Crippen LogP contribution in [0.2, 0.25) is 0 Å². The summed E-state index contributed by atoms with van der Waals surface area (Å²) in [6, 6.07) is 6.29. The topological polar surface area (TPSA) is 107 Å². The van der Waals surface area contributed by atoms with Crippen LogP contribution in [-0.4, -0.2) is 24.9 Å². The summed E-state index contributed by atoms with van der Waals surface area (Å²) in [6.45, 7) is 0.201. The number of rotatable bonds is 5. The molecule has 3 N–H and O–H groups in total. The van der Waals surface area contributed by atoms with E-state index in [1.54, 1.807) is 12.1 Å². The summed E-state index contributed by atoms with van der Waals surface area (Å²) in [5.41, 5.74) is 2.38. The number of nitrogens with one attached hydrogen (secondary N) is 1. The fourth-order valence-corrected chi connectivity index (χ4v) is 2.53. The van der Waals surface area contributed by atoms with Gasteiger partial charge in [-0.3, -0.25) is 5.43 Å². The molecule has 0 amide bonds. The molecule has 2 aromatic rings. The van der Waals surface area contributed by atoms with E-state index >= 15 is 0 Å². The Hall–Kier alpha value is -1.71. The Balaban J connectivity index is 2.07. The van der Waals surface area contributed by atoms with Crippen LogP contribution >= 0.6 is 11.3 Å². The van der Waals surface area contributed by atoms with E-state index in [1.807, 2.05) is 0 Å². The van der Waals surface area contributed by atoms with E-state index in [9.17, 15) is 8.42 Å². The number of hydrogen-bond acceptors (Lipinski definition) is 8. The third-order valence-corrected chi connectivity index (χ3v) is 4.12. The van der Waals surface area contributed by atoms with Gasteiger partial charge >= 0.3 is 0 Å². The van der Waals surface area contributed by atoms with Gasteiger partial charge < -0.3 is 4.74 Å². The molecule has 102 valence electrons. The number of nitrogens with two attached hydrogens (primary N) is 1. The van der Waals surface area contributed by atoms with Gasteiger partial charge in [-0.15, -0.1) is 10.2 Å². The van der Waals surface area contributed by atoms with Gasteiger partial charge in [0.1, 0.15) is 12.4 Å². The molecule has 0 aliphatic carbocycles. The largest absolute Gasteiger partial charge is 0.486 e. The molecular formula is C10H12N4O3S2. The molecule has 2 rings (SSSR count). The summed E-state index contributed by atoms with van der Waals surface area (Å²) in [6.07, 6.45) is 1.15. The van der Waals surface area contributed by atoms with E-state index in [0.717, 1.165) is 6.26 Å². The molecule has 0 atom stereocenters. The van der Waals surface area contributed by atoms with Crippen molar-refractivity contribution in [3.05, 3.63) is 29.3 Å². The summed E-state index contributed by atoms with van der Waals surface area (Å²) in [7, 11) is -3.24. The monoisotopic (exact) mass is 300 g/mol. The molecule has 0 bridgehead atoms. The predicted octanol–water partition coefficient (Wildman–Crippen LogP) is 0.806. The second-order valence-electron chi connectivity index (χ2n) is 3.68. The molecule has 0 aliphatic rings. The van der Waals surface area contributed by atoms with Gasteiger partial charge in [0.15, 0.2) is 14.8 Å². The number of aromatic nitrogens is 2. The zero-order valence-electron chi connectivity index (χ0n) is 10.0. The molecule has 0 saturated heterocycles. The maximum atomic E-state index is 11.4. The van der Waals surface area contributed by atoms with Crippen molar-refractivity contribution in [3.63, 3.8) is 0 Å². The van der Waals surface area contributed by atoms with E-state index in [1.165, 1.54) is 23.5 Å². The molecule has 1 aromatic heterocycles. The SMILES string of the molecule is CS(=O)(=O)c1cccc(OCc2nnc(NN)s2)c1.